The number of aromatic nitrogens is 3. The van der Waals surface area contributed by atoms with Crippen LogP contribution < -0.4 is 5.32 Å². The van der Waals surface area contributed by atoms with Gasteiger partial charge in [0.25, 0.3) is 0 Å². The number of anilines is 1. The van der Waals surface area contributed by atoms with Crippen molar-refractivity contribution in [2.24, 2.45) is 0 Å². The highest BCUT2D eigenvalue weighted by atomic mass is 16.3. The van der Waals surface area contributed by atoms with Gasteiger partial charge in [-0.2, -0.15) is 0 Å². The van der Waals surface area contributed by atoms with Gasteiger partial charge in [0, 0.05) is 13.1 Å². The smallest absolute Gasteiger partial charge is 0.144 e. The Morgan fingerprint density at radius 1 is 1.33 bits per heavy atom. The van der Waals surface area contributed by atoms with Crippen molar-refractivity contribution >= 4 is 5.82 Å². The molecular weight excluding hydrogens is 228 g/mol. The maximum atomic E-state index is 10.0. The Bertz CT molecular complexity index is 469. The first-order chi connectivity index (χ1) is 8.81. The topological polar surface area (TPSA) is 63.0 Å². The standard InChI is InChI=1S/C13H18N4O/c1-2-8-17-13(10-15-16-17)14-9-12(18)11-6-4-3-5-7-11/h3-7,10,12,14,18H,2,8-9H2,1H3. The maximum Gasteiger partial charge on any atom is 0.144 e. The van der Waals surface area contributed by atoms with E-state index in [4.69, 9.17) is 0 Å². The molecule has 1 atom stereocenters. The van der Waals surface area contributed by atoms with Gasteiger partial charge >= 0.3 is 0 Å². The molecule has 0 spiro atoms. The summed E-state index contributed by atoms with van der Waals surface area (Å²) in [6.07, 6.45) is 2.14. The van der Waals surface area contributed by atoms with Crippen molar-refractivity contribution in [2.75, 3.05) is 11.9 Å². The fourth-order valence-electron chi connectivity index (χ4n) is 1.77. The minimum atomic E-state index is -0.531. The number of benzene rings is 1. The van der Waals surface area contributed by atoms with Crippen molar-refractivity contribution in [1.29, 1.82) is 0 Å². The number of aryl methyl sites for hydroxylation is 1. The molecule has 1 aromatic carbocycles. The van der Waals surface area contributed by atoms with Crippen LogP contribution in [0.25, 0.3) is 0 Å². The van der Waals surface area contributed by atoms with Crippen molar-refractivity contribution in [1.82, 2.24) is 15.0 Å². The van der Waals surface area contributed by atoms with Gasteiger partial charge < -0.3 is 10.4 Å². The van der Waals surface area contributed by atoms with Crippen LogP contribution in [-0.2, 0) is 6.54 Å². The van der Waals surface area contributed by atoms with Crippen LogP contribution in [0.3, 0.4) is 0 Å². The fraction of sp³-hybridized carbons (Fsp3) is 0.385. The molecule has 1 heterocycles. The van der Waals surface area contributed by atoms with E-state index in [2.05, 4.69) is 22.6 Å². The maximum absolute atomic E-state index is 10.0. The molecule has 1 aromatic heterocycles. The molecule has 2 rings (SSSR count). The number of rotatable bonds is 6. The van der Waals surface area contributed by atoms with Gasteiger partial charge in [0.05, 0.1) is 12.3 Å². The third-order valence-electron chi connectivity index (χ3n) is 2.71. The van der Waals surface area contributed by atoms with Crippen molar-refractivity contribution in [3.8, 4) is 0 Å². The summed E-state index contributed by atoms with van der Waals surface area (Å²) in [5.74, 6) is 0.840. The number of aliphatic hydroxyl groups excluding tert-OH is 1. The Balaban J connectivity index is 1.93. The molecule has 5 nitrogen and oxygen atoms in total. The van der Waals surface area contributed by atoms with Crippen LogP contribution in [0.4, 0.5) is 5.82 Å². The Morgan fingerprint density at radius 2 is 2.11 bits per heavy atom. The van der Waals surface area contributed by atoms with Crippen LogP contribution >= 0.6 is 0 Å². The molecule has 0 aliphatic carbocycles. The van der Waals surface area contributed by atoms with E-state index in [1.54, 1.807) is 10.9 Å². The van der Waals surface area contributed by atoms with Crippen LogP contribution in [0.5, 0.6) is 0 Å². The SMILES string of the molecule is CCCn1nncc1NCC(O)c1ccccc1. The summed E-state index contributed by atoms with van der Waals surface area (Å²) in [5, 5.41) is 21.0. The van der Waals surface area contributed by atoms with E-state index < -0.39 is 6.10 Å². The number of nitrogens with one attached hydrogen (secondary N) is 1. The Morgan fingerprint density at radius 3 is 2.83 bits per heavy atom. The van der Waals surface area contributed by atoms with Crippen LogP contribution in [0, 0.1) is 0 Å². The summed E-state index contributed by atoms with van der Waals surface area (Å²) in [4.78, 5) is 0. The van der Waals surface area contributed by atoms with E-state index in [1.807, 2.05) is 30.3 Å². The van der Waals surface area contributed by atoms with E-state index in [0.29, 0.717) is 6.54 Å². The van der Waals surface area contributed by atoms with Crippen molar-refractivity contribution in [3.05, 3.63) is 42.1 Å². The molecule has 0 bridgehead atoms. The molecule has 0 amide bonds. The highest BCUT2D eigenvalue weighted by Crippen LogP contribution is 2.13. The number of hydrogen-bond donors (Lipinski definition) is 2. The lowest BCUT2D eigenvalue weighted by atomic mass is 10.1. The largest absolute Gasteiger partial charge is 0.387 e. The second kappa shape index (κ2) is 6.16. The lowest BCUT2D eigenvalue weighted by molar-refractivity contribution is 0.191. The molecule has 1 unspecified atom stereocenters. The molecule has 0 radical (unpaired) electrons. The third kappa shape index (κ3) is 3.07. The quantitative estimate of drug-likeness (QED) is 0.816. The number of nitrogens with zero attached hydrogens (tertiary/aromatic N) is 3. The Hall–Kier alpha value is -1.88. The fourth-order valence-corrected chi connectivity index (χ4v) is 1.77. The first-order valence-corrected chi connectivity index (χ1v) is 6.16. The first-order valence-electron chi connectivity index (χ1n) is 6.16. The Kier molecular flexibility index (Phi) is 4.30. The van der Waals surface area contributed by atoms with Crippen LogP contribution in [0.15, 0.2) is 36.5 Å². The minimum absolute atomic E-state index is 0.446. The van der Waals surface area contributed by atoms with Gasteiger partial charge in [0.15, 0.2) is 0 Å². The third-order valence-corrected chi connectivity index (χ3v) is 2.71. The van der Waals surface area contributed by atoms with Crippen LogP contribution in [0.1, 0.15) is 25.0 Å². The average molecular weight is 246 g/mol. The second-order valence-corrected chi connectivity index (χ2v) is 4.15. The highest BCUT2D eigenvalue weighted by molar-refractivity contribution is 5.32. The van der Waals surface area contributed by atoms with Gasteiger partial charge in [-0.3, -0.25) is 0 Å². The monoisotopic (exact) mass is 246 g/mol. The average Bonchev–Trinajstić information content (AvgIpc) is 2.85. The molecule has 18 heavy (non-hydrogen) atoms. The summed E-state index contributed by atoms with van der Waals surface area (Å²) in [6, 6.07) is 9.59. The van der Waals surface area contributed by atoms with E-state index in [-0.39, 0.29) is 0 Å². The highest BCUT2D eigenvalue weighted by Gasteiger charge is 2.08. The molecule has 0 aliphatic rings. The summed E-state index contributed by atoms with van der Waals surface area (Å²) >= 11 is 0. The van der Waals surface area contributed by atoms with Gasteiger partial charge in [0.2, 0.25) is 0 Å². The molecule has 2 N–H and O–H groups in total. The van der Waals surface area contributed by atoms with Crippen LogP contribution in [0.2, 0.25) is 0 Å². The predicted molar refractivity (Wildman–Crippen MR) is 70.2 cm³/mol. The van der Waals surface area contributed by atoms with Gasteiger partial charge in [0.1, 0.15) is 5.82 Å². The zero-order valence-corrected chi connectivity index (χ0v) is 10.5. The molecule has 96 valence electrons. The lowest BCUT2D eigenvalue weighted by Gasteiger charge is -2.13. The zero-order valence-electron chi connectivity index (χ0n) is 10.5. The first kappa shape index (κ1) is 12.6. The van der Waals surface area contributed by atoms with Crippen molar-refractivity contribution in [3.63, 3.8) is 0 Å². The number of aliphatic hydroxyl groups is 1. The molecule has 0 saturated carbocycles. The van der Waals surface area contributed by atoms with E-state index in [9.17, 15) is 5.11 Å². The molecule has 2 aromatic rings. The summed E-state index contributed by atoms with van der Waals surface area (Å²) in [6.45, 7) is 3.36. The van der Waals surface area contributed by atoms with E-state index in [0.717, 1.165) is 24.3 Å². The van der Waals surface area contributed by atoms with Crippen molar-refractivity contribution in [2.45, 2.75) is 26.0 Å². The Labute approximate surface area is 106 Å². The summed E-state index contributed by atoms with van der Waals surface area (Å²) in [7, 11) is 0. The summed E-state index contributed by atoms with van der Waals surface area (Å²) in [5.41, 5.74) is 0.902. The molecular formula is C13H18N4O. The van der Waals surface area contributed by atoms with Gasteiger partial charge in [-0.05, 0) is 12.0 Å². The zero-order chi connectivity index (χ0) is 12.8. The summed E-state index contributed by atoms with van der Waals surface area (Å²) < 4.78 is 1.80. The van der Waals surface area contributed by atoms with E-state index in [1.165, 1.54) is 0 Å². The molecule has 0 aliphatic heterocycles. The second-order valence-electron chi connectivity index (χ2n) is 4.15. The van der Waals surface area contributed by atoms with E-state index >= 15 is 0 Å². The molecule has 0 saturated heterocycles. The number of hydrogen-bond acceptors (Lipinski definition) is 4. The van der Waals surface area contributed by atoms with Gasteiger partial charge in [-0.15, -0.1) is 5.10 Å². The predicted octanol–water partition coefficient (Wildman–Crippen LogP) is 1.83. The molecule has 5 heteroatoms. The van der Waals surface area contributed by atoms with Crippen molar-refractivity contribution < 1.29 is 5.11 Å². The lowest BCUT2D eigenvalue weighted by Crippen LogP contribution is -2.15. The normalized spacial score (nSPS) is 12.3. The minimum Gasteiger partial charge on any atom is -0.387 e. The van der Waals surface area contributed by atoms with Crippen LogP contribution in [-0.4, -0.2) is 26.6 Å². The van der Waals surface area contributed by atoms with Gasteiger partial charge in [-0.25, -0.2) is 4.68 Å². The molecule has 0 fully saturated rings. The van der Waals surface area contributed by atoms with Gasteiger partial charge in [-0.1, -0.05) is 42.5 Å².